The maximum atomic E-state index is 12.9. The number of para-hydroxylation sites is 3. The number of benzene rings is 4. The van der Waals surface area contributed by atoms with Crippen LogP contribution in [0.25, 0.3) is 5.69 Å². The molecular weight excluding hydrogens is 1230 g/mol. The van der Waals surface area contributed by atoms with E-state index < -0.39 is 72.3 Å². The van der Waals surface area contributed by atoms with Crippen LogP contribution >= 0.6 is 46.4 Å². The predicted octanol–water partition coefficient (Wildman–Crippen LogP) is 11.7. The molecule has 2 atom stereocenters. The van der Waals surface area contributed by atoms with Gasteiger partial charge in [0.15, 0.2) is 26.2 Å². The second-order valence-electron chi connectivity index (χ2n) is 19.6. The molecule has 1 saturated carbocycles. The van der Waals surface area contributed by atoms with Gasteiger partial charge < -0.3 is 28.5 Å². The molecule has 0 N–H and O–H groups in total. The first-order valence-corrected chi connectivity index (χ1v) is 29.5. The molecule has 17 nitrogen and oxygen atoms in total. The Morgan fingerprint density at radius 2 is 1.54 bits per heavy atom. The number of rotatable bonds is 14. The Bertz CT molecular complexity index is 3640. The third kappa shape index (κ3) is 17.3. The van der Waals surface area contributed by atoms with Gasteiger partial charge in [0.1, 0.15) is 23.9 Å². The average Bonchev–Trinajstić information content (AvgIpc) is 2.72. The van der Waals surface area contributed by atoms with Crippen molar-refractivity contribution in [3.8, 4) is 11.4 Å². The molecule has 0 radical (unpaired) electrons. The van der Waals surface area contributed by atoms with Crippen LogP contribution in [0.1, 0.15) is 108 Å². The smallest absolute Gasteiger partial charge is 0.431 e. The molecule has 28 heteroatoms. The summed E-state index contributed by atoms with van der Waals surface area (Å²) in [7, 11) is -1.51. The molecule has 2 amide bonds. The largest absolute Gasteiger partial charge is 0.489 e. The number of hydrogen-bond acceptors (Lipinski definition) is 13. The Kier molecular flexibility index (Phi) is 23.7. The minimum atomic E-state index is -4.86. The second-order valence-corrected chi connectivity index (χ2v) is 23.4. The lowest BCUT2D eigenvalue weighted by Gasteiger charge is -2.35. The van der Waals surface area contributed by atoms with Gasteiger partial charge in [-0.15, -0.1) is 11.6 Å². The molecule has 8 rings (SSSR count). The van der Waals surface area contributed by atoms with E-state index in [1.165, 1.54) is 18.3 Å². The monoisotopic (exact) mass is 1290 g/mol. The number of amides is 2. The zero-order chi connectivity index (χ0) is 63.6. The fourth-order valence-electron chi connectivity index (χ4n) is 8.68. The van der Waals surface area contributed by atoms with Crippen LogP contribution in [0.3, 0.4) is 0 Å². The van der Waals surface area contributed by atoms with Crippen LogP contribution in [0.4, 0.5) is 37.7 Å². The van der Waals surface area contributed by atoms with Gasteiger partial charge in [-0.05, 0) is 114 Å². The molecule has 0 bridgehead atoms. The number of sulfone groups is 1. The third-order valence-corrected chi connectivity index (χ3v) is 14.8. The molecule has 460 valence electrons. The Morgan fingerprint density at radius 1 is 0.882 bits per heavy atom. The number of carbonyl (C=O) groups is 4. The van der Waals surface area contributed by atoms with Gasteiger partial charge in [-0.2, -0.15) is 26.3 Å². The van der Waals surface area contributed by atoms with Crippen molar-refractivity contribution in [2.45, 2.75) is 107 Å². The summed E-state index contributed by atoms with van der Waals surface area (Å²) in [4.78, 5) is 74.8. The number of ether oxygens (including phenoxy) is 3. The number of alkyl halides is 9. The van der Waals surface area contributed by atoms with Crippen LogP contribution < -0.4 is 25.8 Å². The number of methoxy groups -OCH3 is 1. The average molecular weight is 1290 g/mol. The number of hydrogen-bond donors (Lipinski definition) is 0. The molecule has 2 aliphatic rings. The SMILES string of the molecule is CC(C)OC(=O)c1cc(-n2c(=O)cc(C(F)(F)F)n(C)c2=O)ccc1Cl.CC1COc2ccccc2N1C(=O)C(Cl)Cl.CCc1cccc(C)c1N(C(=O)CCl)C(C)COC.CS(=O)(=O)c1cc(C(F)(F)F)ccc1C(=O)c1cnoc1C1CC1. The summed E-state index contributed by atoms with van der Waals surface area (Å²) in [5.74, 6) is -0.853. The first-order valence-electron chi connectivity index (χ1n) is 25.8. The fraction of sp³-hybridized carbons (Fsp3) is 0.386. The van der Waals surface area contributed by atoms with Crippen LogP contribution in [-0.4, -0.2) is 102 Å². The van der Waals surface area contributed by atoms with E-state index in [2.05, 4.69) is 18.1 Å². The van der Waals surface area contributed by atoms with Gasteiger partial charge in [0.2, 0.25) is 5.91 Å². The first kappa shape index (κ1) is 69.1. The highest BCUT2D eigenvalue weighted by atomic mass is 35.5. The first-order chi connectivity index (χ1) is 39.7. The summed E-state index contributed by atoms with van der Waals surface area (Å²) in [6, 6.07) is 19.3. The minimum Gasteiger partial charge on any atom is -0.489 e. The van der Waals surface area contributed by atoms with Crippen molar-refractivity contribution in [3.05, 3.63) is 162 Å². The van der Waals surface area contributed by atoms with Gasteiger partial charge in [0, 0.05) is 38.0 Å². The second kappa shape index (κ2) is 29.1. The summed E-state index contributed by atoms with van der Waals surface area (Å²) in [5, 5.41) is 3.56. The van der Waals surface area contributed by atoms with E-state index in [9.17, 15) is 63.5 Å². The lowest BCUT2D eigenvalue weighted by atomic mass is 10.0. The van der Waals surface area contributed by atoms with Crippen molar-refractivity contribution in [2.24, 2.45) is 7.05 Å². The number of aryl methyl sites for hydroxylation is 2. The van der Waals surface area contributed by atoms with Gasteiger partial charge in [-0.25, -0.2) is 22.6 Å². The van der Waals surface area contributed by atoms with Crippen LogP contribution in [0.5, 0.6) is 5.75 Å². The van der Waals surface area contributed by atoms with E-state index >= 15 is 0 Å². The van der Waals surface area contributed by atoms with E-state index in [1.807, 2.05) is 57.2 Å². The number of anilines is 2. The summed E-state index contributed by atoms with van der Waals surface area (Å²) in [6.45, 7) is 12.1. The van der Waals surface area contributed by atoms with Gasteiger partial charge in [0.05, 0.1) is 74.7 Å². The molecule has 85 heavy (non-hydrogen) atoms. The normalized spacial score (nSPS) is 14.3. The highest BCUT2D eigenvalue weighted by Gasteiger charge is 2.38. The zero-order valence-electron chi connectivity index (χ0n) is 47.1. The molecule has 2 aromatic heterocycles. The summed E-state index contributed by atoms with van der Waals surface area (Å²) in [5.41, 5.74) is -1.44. The van der Waals surface area contributed by atoms with Crippen LogP contribution in [0.2, 0.25) is 5.02 Å². The number of esters is 1. The molecule has 3 heterocycles. The third-order valence-electron chi connectivity index (χ3n) is 12.8. The molecule has 0 spiro atoms. The number of nitrogens with zero attached hydrogens (tertiary/aromatic N) is 5. The van der Waals surface area contributed by atoms with Crippen molar-refractivity contribution in [3.63, 3.8) is 0 Å². The van der Waals surface area contributed by atoms with Gasteiger partial charge in [-0.1, -0.05) is 77.2 Å². The lowest BCUT2D eigenvalue weighted by molar-refractivity contribution is -0.144. The molecule has 1 aliphatic heterocycles. The quantitative estimate of drug-likeness (QED) is 0.0431. The van der Waals surface area contributed by atoms with Crippen molar-refractivity contribution in [1.82, 2.24) is 14.3 Å². The topological polar surface area (TPSA) is 207 Å². The van der Waals surface area contributed by atoms with Crippen LogP contribution in [-0.2, 0) is 54.7 Å². The number of aromatic nitrogens is 3. The summed E-state index contributed by atoms with van der Waals surface area (Å²) >= 11 is 22.9. The molecular formula is C57H59Cl4F6N5O12S. The number of halogens is 10. The fourth-order valence-corrected chi connectivity index (χ4v) is 10.1. The number of ketones is 1. The molecule has 2 unspecified atom stereocenters. The van der Waals surface area contributed by atoms with E-state index in [1.54, 1.807) is 30.8 Å². The molecule has 6 aromatic rings. The predicted molar refractivity (Wildman–Crippen MR) is 309 cm³/mol. The minimum absolute atomic E-state index is 0.0104. The van der Waals surface area contributed by atoms with Crippen molar-refractivity contribution < 1.29 is 72.7 Å². The summed E-state index contributed by atoms with van der Waals surface area (Å²) in [6.07, 6.45) is -5.57. The maximum absolute atomic E-state index is 12.9. The molecule has 1 fully saturated rings. The number of carbonyl (C=O) groups excluding carboxylic acids is 4. The van der Waals surface area contributed by atoms with Gasteiger partial charge in [-0.3, -0.25) is 23.7 Å². The Morgan fingerprint density at radius 3 is 2.11 bits per heavy atom. The highest BCUT2D eigenvalue weighted by Crippen LogP contribution is 2.43. The maximum Gasteiger partial charge on any atom is 0.431 e. The molecule has 0 saturated heterocycles. The highest BCUT2D eigenvalue weighted by molar-refractivity contribution is 7.90. The zero-order valence-corrected chi connectivity index (χ0v) is 51.0. The van der Waals surface area contributed by atoms with Gasteiger partial charge >= 0.3 is 24.0 Å². The van der Waals surface area contributed by atoms with E-state index in [0.717, 1.165) is 67.2 Å². The molecule has 4 aromatic carbocycles. The van der Waals surface area contributed by atoms with E-state index in [4.69, 9.17) is 65.1 Å². The van der Waals surface area contributed by atoms with Crippen molar-refractivity contribution in [2.75, 3.05) is 42.3 Å². The Balaban J connectivity index is 0.000000210. The Hall–Kier alpha value is -6.70. The van der Waals surface area contributed by atoms with Crippen molar-refractivity contribution in [1.29, 1.82) is 0 Å². The van der Waals surface area contributed by atoms with Crippen molar-refractivity contribution >= 4 is 91.2 Å². The van der Waals surface area contributed by atoms with E-state index in [0.29, 0.717) is 52.1 Å². The summed E-state index contributed by atoms with van der Waals surface area (Å²) < 4.78 is 123. The lowest BCUT2D eigenvalue weighted by Crippen LogP contribution is -2.47. The van der Waals surface area contributed by atoms with E-state index in [-0.39, 0.29) is 63.1 Å². The number of fused-ring (bicyclic) bond motifs is 1. The standard InChI is InChI=1S/C16H14ClF3N2O4.C15H22ClNO2.C15H12F3NO4S.C11H11Cl2NO2/c1-8(2)26-14(24)10-6-9(4-5-11(10)17)22-13(23)7-12(16(18,19)20)21(3)15(22)25;1-5-13-8-6-7-11(2)15(13)17(14(18)9-16)12(3)10-19-4;1-24(21,22)12-6-9(15(16,17)18)4-5-10(12)13(20)11-7-19-23-14(11)8-2-3-8;1-7-6-16-9-5-3-2-4-8(9)14(7)11(15)10(12)13/h4-8H,1-3H3;6-8,12H,5,9-10H2,1-4H3;4-8H,2-3H2,1H3;2-5,7,10H,6H2,1H3. The molecule has 1 aliphatic carbocycles. The van der Waals surface area contributed by atoms with Gasteiger partial charge in [0.25, 0.3) is 11.5 Å². The Labute approximate surface area is 505 Å². The van der Waals surface area contributed by atoms with Crippen LogP contribution in [0, 0.1) is 6.92 Å². The van der Waals surface area contributed by atoms with Crippen LogP contribution in [0.15, 0.2) is 110 Å².